The number of anilines is 1. The van der Waals surface area contributed by atoms with Gasteiger partial charge in [0.25, 0.3) is 5.88 Å². The van der Waals surface area contributed by atoms with E-state index in [4.69, 9.17) is 4.74 Å². The summed E-state index contributed by atoms with van der Waals surface area (Å²) in [5.74, 6) is -0.774. The molecule has 170 valence electrons. The number of carbonyl (C=O) groups is 1. The van der Waals surface area contributed by atoms with Crippen LogP contribution >= 0.6 is 0 Å². The molecule has 1 fully saturated rings. The van der Waals surface area contributed by atoms with Gasteiger partial charge in [0.15, 0.2) is 0 Å². The highest BCUT2D eigenvalue weighted by Crippen LogP contribution is 2.27. The van der Waals surface area contributed by atoms with Crippen LogP contribution in [0.2, 0.25) is 0 Å². The average molecular weight is 462 g/mol. The third-order valence-corrected chi connectivity index (χ3v) is 5.24. The van der Waals surface area contributed by atoms with Crippen molar-refractivity contribution in [1.82, 2.24) is 14.9 Å². The number of nitrogens with zero attached hydrogens (tertiary/aromatic N) is 4. The van der Waals surface area contributed by atoms with Crippen molar-refractivity contribution >= 4 is 32.9 Å². The smallest absolute Gasteiger partial charge is 0.444 e. The Labute approximate surface area is 176 Å². The van der Waals surface area contributed by atoms with Crippen molar-refractivity contribution in [2.75, 3.05) is 31.1 Å². The normalized spacial score (nSPS) is 15.8. The molecule has 9 nitrogen and oxygen atoms in total. The van der Waals surface area contributed by atoms with Crippen LogP contribution in [0.3, 0.4) is 0 Å². The van der Waals surface area contributed by atoms with E-state index in [1.165, 1.54) is 6.07 Å². The molecule has 0 atom stereocenters. The molecule has 2 aromatic rings. The third-order valence-electron chi connectivity index (χ3n) is 4.28. The zero-order valence-electron chi connectivity index (χ0n) is 17.0. The van der Waals surface area contributed by atoms with Crippen LogP contribution < -0.4 is 9.08 Å². The van der Waals surface area contributed by atoms with Crippen molar-refractivity contribution in [3.8, 4) is 5.88 Å². The molecular weight excluding hydrogens is 441 g/mol. The molecule has 1 aliphatic heterocycles. The van der Waals surface area contributed by atoms with E-state index in [-0.39, 0.29) is 11.6 Å². The highest BCUT2D eigenvalue weighted by molar-refractivity contribution is 7.87. The summed E-state index contributed by atoms with van der Waals surface area (Å²) in [6.45, 7) is 7.40. The summed E-state index contributed by atoms with van der Waals surface area (Å²) in [4.78, 5) is 23.5. The number of rotatable bonds is 3. The van der Waals surface area contributed by atoms with Crippen molar-refractivity contribution < 1.29 is 35.3 Å². The molecule has 0 bridgehead atoms. The zero-order chi connectivity index (χ0) is 23.0. The molecule has 13 heteroatoms. The van der Waals surface area contributed by atoms with Crippen LogP contribution in [0.1, 0.15) is 20.8 Å². The Hall–Kier alpha value is -2.83. The Bertz CT molecular complexity index is 1080. The lowest BCUT2D eigenvalue weighted by Crippen LogP contribution is -2.50. The summed E-state index contributed by atoms with van der Waals surface area (Å²) in [6, 6.07) is 4.86. The van der Waals surface area contributed by atoms with Crippen molar-refractivity contribution in [2.24, 2.45) is 0 Å². The van der Waals surface area contributed by atoms with Crippen LogP contribution in [0.4, 0.5) is 23.7 Å². The predicted octanol–water partition coefficient (Wildman–Crippen LogP) is 2.92. The van der Waals surface area contributed by atoms with Gasteiger partial charge in [0.2, 0.25) is 0 Å². The molecule has 0 unspecified atom stereocenters. The number of fused-ring (bicyclic) bond motifs is 1. The first-order valence-corrected chi connectivity index (χ1v) is 10.7. The maximum Gasteiger partial charge on any atom is 0.534 e. The van der Waals surface area contributed by atoms with Gasteiger partial charge in [-0.05, 0) is 39.0 Å². The van der Waals surface area contributed by atoms with Gasteiger partial charge in [0.1, 0.15) is 5.60 Å². The minimum atomic E-state index is -5.82. The van der Waals surface area contributed by atoms with Crippen LogP contribution in [0.5, 0.6) is 5.88 Å². The number of benzene rings is 1. The van der Waals surface area contributed by atoms with Crippen LogP contribution in [0.15, 0.2) is 24.4 Å². The molecule has 31 heavy (non-hydrogen) atoms. The Morgan fingerprint density at radius 3 is 2.29 bits per heavy atom. The lowest BCUT2D eigenvalue weighted by Gasteiger charge is -2.36. The Morgan fingerprint density at radius 1 is 1.06 bits per heavy atom. The zero-order valence-corrected chi connectivity index (χ0v) is 17.8. The lowest BCUT2D eigenvalue weighted by molar-refractivity contribution is -0.0501. The molecule has 0 aliphatic carbocycles. The second-order valence-corrected chi connectivity index (χ2v) is 9.36. The molecule has 0 N–H and O–H groups in total. The fraction of sp³-hybridized carbons (Fsp3) is 0.500. The van der Waals surface area contributed by atoms with Crippen LogP contribution in [0.25, 0.3) is 11.0 Å². The largest absolute Gasteiger partial charge is 0.534 e. The molecule has 0 saturated carbocycles. The van der Waals surface area contributed by atoms with Gasteiger partial charge in [0, 0.05) is 31.9 Å². The molecule has 0 radical (unpaired) electrons. The van der Waals surface area contributed by atoms with E-state index in [1.54, 1.807) is 37.8 Å². The number of piperazine rings is 1. The maximum absolute atomic E-state index is 12.5. The molecule has 1 aromatic heterocycles. The summed E-state index contributed by atoms with van der Waals surface area (Å²) in [5.41, 5.74) is -4.83. The van der Waals surface area contributed by atoms with Gasteiger partial charge >= 0.3 is 21.7 Å². The van der Waals surface area contributed by atoms with Gasteiger partial charge in [-0.2, -0.15) is 21.6 Å². The first-order valence-electron chi connectivity index (χ1n) is 9.26. The summed E-state index contributed by atoms with van der Waals surface area (Å²) in [5, 5.41) is 0. The second-order valence-electron chi connectivity index (χ2n) is 7.82. The van der Waals surface area contributed by atoms with Crippen LogP contribution in [-0.4, -0.2) is 66.7 Å². The van der Waals surface area contributed by atoms with Gasteiger partial charge < -0.3 is 18.7 Å². The molecule has 3 rings (SSSR count). The number of ether oxygens (including phenoxy) is 1. The molecule has 1 aliphatic rings. The van der Waals surface area contributed by atoms with Crippen molar-refractivity contribution in [3.05, 3.63) is 24.4 Å². The number of hydrogen-bond donors (Lipinski definition) is 0. The fourth-order valence-corrected chi connectivity index (χ4v) is 3.25. The van der Waals surface area contributed by atoms with E-state index in [2.05, 4.69) is 14.2 Å². The first kappa shape index (κ1) is 22.8. The molecule has 2 heterocycles. The number of hydrogen-bond acceptors (Lipinski definition) is 8. The van der Waals surface area contributed by atoms with Gasteiger partial charge in [-0.25, -0.2) is 14.8 Å². The third kappa shape index (κ3) is 5.46. The fourth-order valence-electron chi connectivity index (χ4n) is 2.85. The van der Waals surface area contributed by atoms with E-state index in [0.29, 0.717) is 31.7 Å². The lowest BCUT2D eigenvalue weighted by atomic mass is 10.2. The number of alkyl halides is 3. The van der Waals surface area contributed by atoms with E-state index in [9.17, 15) is 26.4 Å². The topological polar surface area (TPSA) is 102 Å². The average Bonchev–Trinajstić information content (AvgIpc) is 2.65. The minimum absolute atomic E-state index is 0.172. The van der Waals surface area contributed by atoms with Crippen LogP contribution in [-0.2, 0) is 14.9 Å². The highest BCUT2D eigenvalue weighted by atomic mass is 32.2. The first-order chi connectivity index (χ1) is 14.2. The van der Waals surface area contributed by atoms with E-state index in [0.717, 1.165) is 11.9 Å². The van der Waals surface area contributed by atoms with Crippen molar-refractivity contribution in [2.45, 2.75) is 31.9 Å². The van der Waals surface area contributed by atoms with E-state index < -0.39 is 27.1 Å². The van der Waals surface area contributed by atoms with Gasteiger partial charge in [-0.3, -0.25) is 0 Å². The number of aromatic nitrogens is 2. The molecular formula is C18H21F3N4O5S. The number of amides is 1. The van der Waals surface area contributed by atoms with Crippen molar-refractivity contribution in [3.63, 3.8) is 0 Å². The van der Waals surface area contributed by atoms with Gasteiger partial charge in [-0.15, -0.1) is 0 Å². The molecule has 1 aromatic carbocycles. The monoisotopic (exact) mass is 462 g/mol. The Morgan fingerprint density at radius 2 is 1.71 bits per heavy atom. The summed E-state index contributed by atoms with van der Waals surface area (Å²) in [7, 11) is -5.82. The second kappa shape index (κ2) is 8.02. The minimum Gasteiger partial charge on any atom is -0.444 e. The van der Waals surface area contributed by atoms with Gasteiger partial charge in [0.05, 0.1) is 17.2 Å². The highest BCUT2D eigenvalue weighted by Gasteiger charge is 2.49. The van der Waals surface area contributed by atoms with Crippen molar-refractivity contribution in [1.29, 1.82) is 0 Å². The summed E-state index contributed by atoms with van der Waals surface area (Å²) in [6.07, 6.45) is 0.438. The molecule has 0 spiro atoms. The summed E-state index contributed by atoms with van der Waals surface area (Å²) >= 11 is 0. The Kier molecular flexibility index (Phi) is 5.91. The Balaban J connectivity index is 1.69. The van der Waals surface area contributed by atoms with E-state index in [1.807, 2.05) is 4.90 Å². The molecule has 1 saturated heterocycles. The number of carbonyl (C=O) groups excluding carboxylic acids is 1. The summed E-state index contributed by atoms with van der Waals surface area (Å²) < 4.78 is 68.9. The molecule has 1 amide bonds. The van der Waals surface area contributed by atoms with Gasteiger partial charge in [-0.1, -0.05) is 0 Å². The SMILES string of the molecule is CC(C)(C)OC(=O)N1CCN(c2ccc3nc(OS(=O)(=O)C(F)(F)F)cnc3c2)CC1. The van der Waals surface area contributed by atoms with Crippen LogP contribution in [0, 0.1) is 0 Å². The quantitative estimate of drug-likeness (QED) is 0.507. The van der Waals surface area contributed by atoms with E-state index >= 15 is 0 Å². The predicted molar refractivity (Wildman–Crippen MR) is 105 cm³/mol. The standard InChI is InChI=1S/C18H21F3N4O5S/c1-17(2,3)29-16(26)25-8-6-24(7-9-25)12-4-5-13-14(10-12)22-11-15(23-13)30-31(27,28)18(19,20)21/h4-5,10-11H,6-9H2,1-3H3. The number of halogens is 3. The maximum atomic E-state index is 12.5.